The van der Waals surface area contributed by atoms with Crippen LogP contribution < -0.4 is 4.90 Å². The number of hydrogen-bond acceptors (Lipinski definition) is 6. The normalized spacial score (nSPS) is 23.9. The Labute approximate surface area is 210 Å². The predicted octanol–water partition coefficient (Wildman–Crippen LogP) is 4.65. The van der Waals surface area contributed by atoms with Crippen LogP contribution in [0.15, 0.2) is 79.0 Å². The van der Waals surface area contributed by atoms with Crippen LogP contribution in [0.2, 0.25) is 5.02 Å². The first kappa shape index (κ1) is 22.2. The van der Waals surface area contributed by atoms with Crippen molar-refractivity contribution in [2.45, 2.75) is 12.1 Å². The average molecular weight is 500 g/mol. The second kappa shape index (κ2) is 8.13. The second-order valence-electron chi connectivity index (χ2n) is 8.99. The average Bonchev–Trinajstić information content (AvgIpc) is 3.36. The van der Waals surface area contributed by atoms with Crippen LogP contribution in [0.25, 0.3) is 6.08 Å². The van der Waals surface area contributed by atoms with Crippen LogP contribution in [0.5, 0.6) is 0 Å². The lowest BCUT2D eigenvalue weighted by molar-refractivity contribution is -0.384. The fraction of sp³-hybridized carbons (Fsp3) is 0.148. The van der Waals surface area contributed by atoms with Crippen LogP contribution in [0.4, 0.5) is 11.4 Å². The van der Waals surface area contributed by atoms with E-state index in [-0.39, 0.29) is 17.2 Å². The lowest BCUT2D eigenvalue weighted by atomic mass is 9.83. The highest BCUT2D eigenvalue weighted by Crippen LogP contribution is 2.53. The van der Waals surface area contributed by atoms with Crippen molar-refractivity contribution >= 4 is 46.6 Å². The van der Waals surface area contributed by atoms with Crippen LogP contribution in [-0.2, 0) is 9.59 Å². The minimum atomic E-state index is -0.920. The molecule has 2 saturated heterocycles. The summed E-state index contributed by atoms with van der Waals surface area (Å²) in [6.45, 7) is 0. The Morgan fingerprint density at radius 3 is 2.25 bits per heavy atom. The lowest BCUT2D eigenvalue weighted by Gasteiger charge is -2.35. The van der Waals surface area contributed by atoms with Gasteiger partial charge >= 0.3 is 0 Å². The number of ketones is 1. The Kier molecular flexibility index (Phi) is 5.01. The van der Waals surface area contributed by atoms with E-state index in [0.717, 1.165) is 16.0 Å². The van der Waals surface area contributed by atoms with Gasteiger partial charge in [0.2, 0.25) is 11.8 Å². The molecule has 0 N–H and O–H groups in total. The highest BCUT2D eigenvalue weighted by Gasteiger charge is 2.64. The summed E-state index contributed by atoms with van der Waals surface area (Å²) in [5.41, 5.74) is 2.28. The maximum absolute atomic E-state index is 13.8. The van der Waals surface area contributed by atoms with Gasteiger partial charge in [-0.2, -0.15) is 0 Å². The lowest BCUT2D eigenvalue weighted by Crippen LogP contribution is -2.44. The molecule has 0 aromatic heterocycles. The molecule has 0 spiro atoms. The maximum atomic E-state index is 13.8. The summed E-state index contributed by atoms with van der Waals surface area (Å²) in [7, 11) is 0. The van der Waals surface area contributed by atoms with E-state index < -0.39 is 40.7 Å². The summed E-state index contributed by atoms with van der Waals surface area (Å²) in [6, 6.07) is 18.0. The van der Waals surface area contributed by atoms with Gasteiger partial charge in [0, 0.05) is 28.9 Å². The molecule has 3 aromatic rings. The van der Waals surface area contributed by atoms with Gasteiger partial charge in [-0.1, -0.05) is 35.9 Å². The van der Waals surface area contributed by atoms with Crippen LogP contribution in [0, 0.1) is 22.0 Å². The van der Waals surface area contributed by atoms with Crippen LogP contribution in [0.1, 0.15) is 27.5 Å². The number of halogens is 1. The summed E-state index contributed by atoms with van der Waals surface area (Å²) in [6.07, 6.45) is 3.68. The summed E-state index contributed by atoms with van der Waals surface area (Å²) in [5, 5.41) is 11.6. The van der Waals surface area contributed by atoms with Crippen molar-refractivity contribution in [3.8, 4) is 0 Å². The number of anilines is 1. The van der Waals surface area contributed by atoms with Gasteiger partial charge in [-0.15, -0.1) is 0 Å². The number of non-ortho nitro benzene ring substituents is 1. The fourth-order valence-electron chi connectivity index (χ4n) is 5.62. The molecule has 0 saturated carbocycles. The van der Waals surface area contributed by atoms with Gasteiger partial charge < -0.3 is 4.90 Å². The number of Topliss-reactive ketones (excluding diaryl/α,β-unsaturated/α-hetero) is 1. The van der Waals surface area contributed by atoms with E-state index in [9.17, 15) is 24.5 Å². The molecule has 36 heavy (non-hydrogen) atoms. The van der Waals surface area contributed by atoms with Gasteiger partial charge in [-0.25, -0.2) is 4.90 Å². The Hall–Kier alpha value is -4.30. The fourth-order valence-corrected chi connectivity index (χ4v) is 5.75. The van der Waals surface area contributed by atoms with E-state index in [1.54, 1.807) is 30.5 Å². The third-order valence-electron chi connectivity index (χ3n) is 7.18. The first-order valence-electron chi connectivity index (χ1n) is 11.3. The molecule has 4 atom stereocenters. The molecule has 6 rings (SSSR count). The van der Waals surface area contributed by atoms with Crippen LogP contribution in [0.3, 0.4) is 0 Å². The summed E-state index contributed by atoms with van der Waals surface area (Å²) < 4.78 is 0. The SMILES string of the molecule is O=C(c1ccc(Cl)cc1)[C@@H]1[C@@H]2C(=O)N(c3ccc([N+](=O)[O-])cc3)C(=O)[C@H]2[C@@H]2c3ccccc3C=CN12. The number of carbonyl (C=O) groups is 3. The molecule has 3 aromatic carbocycles. The third-order valence-corrected chi connectivity index (χ3v) is 7.43. The number of hydrogen-bond donors (Lipinski definition) is 0. The number of rotatable bonds is 4. The van der Waals surface area contributed by atoms with Crippen molar-refractivity contribution in [3.05, 3.63) is 111 Å². The first-order valence-corrected chi connectivity index (χ1v) is 11.7. The number of fused-ring (bicyclic) bond motifs is 5. The number of imide groups is 1. The number of nitrogens with zero attached hydrogens (tertiary/aromatic N) is 3. The van der Waals surface area contributed by atoms with E-state index in [4.69, 9.17) is 11.6 Å². The van der Waals surface area contributed by atoms with Crippen LogP contribution in [-0.4, -0.2) is 33.5 Å². The first-order chi connectivity index (χ1) is 17.4. The van der Waals surface area contributed by atoms with Crippen molar-refractivity contribution in [3.63, 3.8) is 0 Å². The van der Waals surface area contributed by atoms with Crippen molar-refractivity contribution in [1.29, 1.82) is 0 Å². The molecule has 0 radical (unpaired) electrons. The molecule has 8 nitrogen and oxygen atoms in total. The zero-order valence-electron chi connectivity index (χ0n) is 18.7. The van der Waals surface area contributed by atoms with Crippen molar-refractivity contribution in [1.82, 2.24) is 4.90 Å². The van der Waals surface area contributed by atoms with E-state index in [1.807, 2.05) is 35.2 Å². The molecular weight excluding hydrogens is 482 g/mol. The van der Waals surface area contributed by atoms with E-state index in [0.29, 0.717) is 10.6 Å². The third kappa shape index (κ3) is 3.18. The molecule has 2 amide bonds. The molecule has 0 aliphatic carbocycles. The Morgan fingerprint density at radius 1 is 0.889 bits per heavy atom. The summed E-state index contributed by atoms with van der Waals surface area (Å²) in [5.74, 6) is -2.91. The maximum Gasteiger partial charge on any atom is 0.269 e. The van der Waals surface area contributed by atoms with Crippen LogP contribution >= 0.6 is 11.6 Å². The Bertz CT molecular complexity index is 1470. The Balaban J connectivity index is 1.47. The number of amides is 2. The van der Waals surface area contributed by atoms with Gasteiger partial charge in [0.05, 0.1) is 28.5 Å². The number of carbonyl (C=O) groups excluding carboxylic acids is 3. The monoisotopic (exact) mass is 499 g/mol. The standard InChI is InChI=1S/C27H18ClN3O5/c28-17-7-5-16(6-8-17)25(32)24-22-21(23-20-4-2-1-3-15(20)13-14-29(23)24)26(33)30(27(22)34)18-9-11-19(12-10-18)31(35)36/h1-14,21-24H/t21-,22-,23+,24+/m1/s1. The van der Waals surface area contributed by atoms with Gasteiger partial charge in [-0.3, -0.25) is 24.5 Å². The topological polar surface area (TPSA) is 101 Å². The number of benzene rings is 3. The van der Waals surface area contributed by atoms with Gasteiger partial charge in [0.1, 0.15) is 6.04 Å². The minimum absolute atomic E-state index is 0.147. The van der Waals surface area contributed by atoms with Gasteiger partial charge in [-0.05, 0) is 53.6 Å². The van der Waals surface area contributed by atoms with Gasteiger partial charge in [0.15, 0.2) is 5.78 Å². The quantitative estimate of drug-likeness (QED) is 0.224. The molecule has 0 unspecified atom stereocenters. The molecule has 3 heterocycles. The van der Waals surface area contributed by atoms with Gasteiger partial charge in [0.25, 0.3) is 5.69 Å². The summed E-state index contributed by atoms with van der Waals surface area (Å²) in [4.78, 5) is 54.9. The molecule has 3 aliphatic heterocycles. The largest absolute Gasteiger partial charge is 0.358 e. The molecule has 9 heteroatoms. The van der Waals surface area contributed by atoms with E-state index in [2.05, 4.69) is 0 Å². The second-order valence-corrected chi connectivity index (χ2v) is 9.43. The molecule has 178 valence electrons. The van der Waals surface area contributed by atoms with Crippen molar-refractivity contribution in [2.24, 2.45) is 11.8 Å². The number of nitro benzene ring substituents is 1. The van der Waals surface area contributed by atoms with E-state index >= 15 is 0 Å². The smallest absolute Gasteiger partial charge is 0.269 e. The minimum Gasteiger partial charge on any atom is -0.358 e. The molecule has 2 fully saturated rings. The zero-order valence-corrected chi connectivity index (χ0v) is 19.4. The zero-order chi connectivity index (χ0) is 25.1. The van der Waals surface area contributed by atoms with E-state index in [1.165, 1.54) is 24.3 Å². The molecule has 3 aliphatic rings. The van der Waals surface area contributed by atoms with Crippen molar-refractivity contribution < 1.29 is 19.3 Å². The molecule has 0 bridgehead atoms. The highest BCUT2D eigenvalue weighted by molar-refractivity contribution is 6.30. The Morgan fingerprint density at radius 2 is 1.56 bits per heavy atom. The number of nitro groups is 1. The predicted molar refractivity (Wildman–Crippen MR) is 132 cm³/mol. The molecular formula is C27H18ClN3O5. The summed E-state index contributed by atoms with van der Waals surface area (Å²) >= 11 is 6.01. The highest BCUT2D eigenvalue weighted by atomic mass is 35.5. The van der Waals surface area contributed by atoms with Crippen molar-refractivity contribution in [2.75, 3.05) is 4.90 Å².